The summed E-state index contributed by atoms with van der Waals surface area (Å²) in [5, 5.41) is 2.91. The number of aliphatic imine (C=N–C) groups is 1. The molecule has 0 atom stereocenters. The van der Waals surface area contributed by atoms with Crippen LogP contribution in [-0.4, -0.2) is 23.9 Å². The van der Waals surface area contributed by atoms with Crippen LogP contribution in [0.15, 0.2) is 4.99 Å². The Labute approximate surface area is 66.7 Å². The van der Waals surface area contributed by atoms with Crippen molar-refractivity contribution in [1.82, 2.24) is 5.32 Å². The minimum atomic E-state index is 0.430. The van der Waals surface area contributed by atoms with Crippen molar-refractivity contribution in [2.45, 2.75) is 13.8 Å². The lowest BCUT2D eigenvalue weighted by Crippen LogP contribution is -2.34. The predicted molar refractivity (Wildman–Crippen MR) is 48.4 cm³/mol. The Morgan fingerprint density at radius 2 is 2.20 bits per heavy atom. The minimum Gasteiger partial charge on any atom is -0.382 e. The van der Waals surface area contributed by atoms with Crippen LogP contribution in [0.5, 0.6) is 0 Å². The molecule has 4 heteroatoms. The lowest BCUT2D eigenvalue weighted by Gasteiger charge is -2.02. The number of nitrogens with zero attached hydrogens (tertiary/aromatic N) is 1. The Kier molecular flexibility index (Phi) is 4.84. The number of likely N-dealkylation sites (N-methyl/N-ethyl adjacent to an activating group) is 1. The number of thiocarbonyl (C=S) groups is 1. The second-order valence-corrected chi connectivity index (χ2v) is 2.13. The van der Waals surface area contributed by atoms with Gasteiger partial charge in [-0.05, 0) is 13.8 Å². The molecule has 3 nitrogen and oxygen atoms in total. The van der Waals surface area contributed by atoms with Crippen molar-refractivity contribution >= 4 is 23.0 Å². The quantitative estimate of drug-likeness (QED) is 0.346. The lowest BCUT2D eigenvalue weighted by molar-refractivity contribution is 0.986. The molecule has 10 heavy (non-hydrogen) atoms. The average Bonchev–Trinajstić information content (AvgIpc) is 1.89. The second kappa shape index (κ2) is 5.17. The maximum Gasteiger partial charge on any atom is 0.153 e. The molecular weight excluding hydrogens is 146 g/mol. The first-order valence-corrected chi connectivity index (χ1v) is 3.71. The van der Waals surface area contributed by atoms with Crippen LogP contribution in [0.4, 0.5) is 0 Å². The van der Waals surface area contributed by atoms with Crippen molar-refractivity contribution in [3.63, 3.8) is 0 Å². The van der Waals surface area contributed by atoms with Gasteiger partial charge in [0, 0.05) is 13.1 Å². The number of rotatable bonds is 2. The van der Waals surface area contributed by atoms with Gasteiger partial charge in [-0.15, -0.1) is 0 Å². The first-order chi connectivity index (χ1) is 4.72. The van der Waals surface area contributed by atoms with E-state index < -0.39 is 0 Å². The molecule has 0 aromatic carbocycles. The average molecular weight is 159 g/mol. The third-order valence-corrected chi connectivity index (χ3v) is 1.25. The molecule has 0 aromatic heterocycles. The van der Waals surface area contributed by atoms with E-state index in [-0.39, 0.29) is 0 Å². The number of nitrogens with two attached hydrogens (primary N) is 1. The molecule has 0 heterocycles. The predicted octanol–water partition coefficient (Wildman–Crippen LogP) is 0.300. The van der Waals surface area contributed by atoms with E-state index in [1.807, 2.05) is 13.8 Å². The maximum absolute atomic E-state index is 5.46. The molecule has 0 bridgehead atoms. The molecule has 0 aromatic rings. The monoisotopic (exact) mass is 159 g/mol. The van der Waals surface area contributed by atoms with Crippen LogP contribution >= 0.6 is 12.2 Å². The molecule has 0 rings (SSSR count). The molecule has 58 valence electrons. The van der Waals surface area contributed by atoms with E-state index in [1.165, 1.54) is 0 Å². The molecule has 0 aliphatic rings. The molecule has 0 radical (unpaired) electrons. The summed E-state index contributed by atoms with van der Waals surface area (Å²) in [4.78, 5) is 4.48. The van der Waals surface area contributed by atoms with Crippen LogP contribution < -0.4 is 11.1 Å². The summed E-state index contributed by atoms with van der Waals surface area (Å²) in [6.45, 7) is 5.35. The fraction of sp³-hybridized carbons (Fsp3) is 0.667. The van der Waals surface area contributed by atoms with Gasteiger partial charge < -0.3 is 11.1 Å². The van der Waals surface area contributed by atoms with Crippen molar-refractivity contribution in [3.05, 3.63) is 0 Å². The summed E-state index contributed by atoms with van der Waals surface area (Å²) in [6, 6.07) is 0. The van der Waals surface area contributed by atoms with Crippen LogP contribution in [0.2, 0.25) is 0 Å². The molecular formula is C6H13N3S. The number of amidine groups is 1. The SMILES string of the molecule is CCN=C(N)C(=S)NCC. The molecule has 0 saturated heterocycles. The fourth-order valence-corrected chi connectivity index (χ4v) is 0.702. The van der Waals surface area contributed by atoms with Crippen molar-refractivity contribution in [2.24, 2.45) is 10.7 Å². The van der Waals surface area contributed by atoms with Gasteiger partial charge in [0.05, 0.1) is 0 Å². The normalized spacial score (nSPS) is 11.2. The summed E-state index contributed by atoms with van der Waals surface area (Å²) in [5.41, 5.74) is 5.46. The Hall–Kier alpha value is -0.640. The summed E-state index contributed by atoms with van der Waals surface area (Å²) in [6.07, 6.45) is 0. The highest BCUT2D eigenvalue weighted by atomic mass is 32.1. The molecule has 0 aliphatic carbocycles. The Balaban J connectivity index is 3.82. The van der Waals surface area contributed by atoms with E-state index >= 15 is 0 Å². The van der Waals surface area contributed by atoms with Crippen molar-refractivity contribution in [3.8, 4) is 0 Å². The minimum absolute atomic E-state index is 0.430. The van der Waals surface area contributed by atoms with Crippen molar-refractivity contribution in [1.29, 1.82) is 0 Å². The molecule has 3 N–H and O–H groups in total. The zero-order valence-corrected chi connectivity index (χ0v) is 7.16. The third-order valence-electron chi connectivity index (χ3n) is 0.898. The zero-order chi connectivity index (χ0) is 7.98. The smallest absolute Gasteiger partial charge is 0.153 e. The van der Waals surface area contributed by atoms with Crippen molar-refractivity contribution in [2.75, 3.05) is 13.1 Å². The van der Waals surface area contributed by atoms with E-state index in [4.69, 9.17) is 18.0 Å². The lowest BCUT2D eigenvalue weighted by atomic mass is 10.5. The molecule has 0 aliphatic heterocycles. The maximum atomic E-state index is 5.46. The van der Waals surface area contributed by atoms with E-state index in [1.54, 1.807) is 0 Å². The van der Waals surface area contributed by atoms with Gasteiger partial charge in [-0.25, -0.2) is 0 Å². The van der Waals surface area contributed by atoms with Gasteiger partial charge in [-0.2, -0.15) is 0 Å². The van der Waals surface area contributed by atoms with E-state index in [0.717, 1.165) is 6.54 Å². The topological polar surface area (TPSA) is 50.4 Å². The highest BCUT2D eigenvalue weighted by Crippen LogP contribution is 1.75. The Morgan fingerprint density at radius 1 is 1.60 bits per heavy atom. The number of hydrogen-bond acceptors (Lipinski definition) is 2. The van der Waals surface area contributed by atoms with E-state index in [2.05, 4.69) is 10.3 Å². The van der Waals surface area contributed by atoms with Crippen LogP contribution in [0.3, 0.4) is 0 Å². The number of nitrogens with one attached hydrogen (secondary N) is 1. The molecule has 0 unspecified atom stereocenters. The first-order valence-electron chi connectivity index (χ1n) is 3.30. The summed E-state index contributed by atoms with van der Waals surface area (Å²) < 4.78 is 0. The highest BCUT2D eigenvalue weighted by Gasteiger charge is 1.96. The van der Waals surface area contributed by atoms with Crippen LogP contribution in [0, 0.1) is 0 Å². The van der Waals surface area contributed by atoms with Gasteiger partial charge >= 0.3 is 0 Å². The van der Waals surface area contributed by atoms with Crippen LogP contribution in [0.1, 0.15) is 13.8 Å². The molecule has 0 saturated carbocycles. The molecule has 0 fully saturated rings. The summed E-state index contributed by atoms with van der Waals surface area (Å²) in [5.74, 6) is 0.430. The Morgan fingerprint density at radius 3 is 2.60 bits per heavy atom. The fourth-order valence-electron chi connectivity index (χ4n) is 0.493. The van der Waals surface area contributed by atoms with Crippen LogP contribution in [0.25, 0.3) is 0 Å². The van der Waals surface area contributed by atoms with Crippen molar-refractivity contribution < 1.29 is 0 Å². The van der Waals surface area contributed by atoms with Gasteiger partial charge in [0.15, 0.2) is 5.84 Å². The number of hydrogen-bond donors (Lipinski definition) is 2. The van der Waals surface area contributed by atoms with Gasteiger partial charge in [0.2, 0.25) is 0 Å². The summed E-state index contributed by atoms with van der Waals surface area (Å²) in [7, 11) is 0. The first kappa shape index (κ1) is 9.36. The van der Waals surface area contributed by atoms with Gasteiger partial charge in [-0.3, -0.25) is 4.99 Å². The van der Waals surface area contributed by atoms with Gasteiger partial charge in [-0.1, -0.05) is 12.2 Å². The van der Waals surface area contributed by atoms with Crippen LogP contribution in [-0.2, 0) is 0 Å². The second-order valence-electron chi connectivity index (χ2n) is 1.72. The highest BCUT2D eigenvalue weighted by molar-refractivity contribution is 7.82. The zero-order valence-electron chi connectivity index (χ0n) is 6.35. The van der Waals surface area contributed by atoms with E-state index in [9.17, 15) is 0 Å². The van der Waals surface area contributed by atoms with E-state index in [0.29, 0.717) is 17.4 Å². The van der Waals surface area contributed by atoms with Gasteiger partial charge in [0.1, 0.15) is 4.99 Å². The van der Waals surface area contributed by atoms with Gasteiger partial charge in [0.25, 0.3) is 0 Å². The third kappa shape index (κ3) is 3.40. The Bertz CT molecular complexity index is 142. The molecule has 0 amide bonds. The standard InChI is InChI=1S/C6H13N3S/c1-3-8-5(7)6(10)9-4-2/h3-4H2,1-2H3,(H2,7,8)(H,9,10). The summed E-state index contributed by atoms with van der Waals surface area (Å²) >= 11 is 4.87. The molecule has 0 spiro atoms. The largest absolute Gasteiger partial charge is 0.382 e.